The zero-order chi connectivity index (χ0) is 23.0. The fourth-order valence-electron chi connectivity index (χ4n) is 4.19. The van der Waals surface area contributed by atoms with Gasteiger partial charge in [0.05, 0.1) is 5.69 Å². The van der Waals surface area contributed by atoms with Crippen LogP contribution in [0.25, 0.3) is 22.3 Å². The van der Waals surface area contributed by atoms with Crippen LogP contribution in [0.2, 0.25) is 0 Å². The molecule has 1 aliphatic rings. The molecule has 1 atom stereocenters. The molecule has 5 heteroatoms. The second kappa shape index (κ2) is 8.62. The van der Waals surface area contributed by atoms with Crippen LogP contribution in [0.15, 0.2) is 24.3 Å². The number of fused-ring (bicyclic) bond motifs is 2. The summed E-state index contributed by atoms with van der Waals surface area (Å²) in [7, 11) is 4.24. The standard InChI is InChI=1S/C18H19N3O.C8H19N/c1-18(2)6-5-13-16(9-18)20-21-17(13)15-8-12-4-3-11(10-22)7-14(12)19-15;1-7(9(5)6)8(2,3)4/h3-4,7-8,10,19H,5-6,9H2,1-2H3,(H,20,21);7H,1-6H3. The van der Waals surface area contributed by atoms with E-state index >= 15 is 0 Å². The summed E-state index contributed by atoms with van der Waals surface area (Å²) in [5.41, 5.74) is 7.06. The van der Waals surface area contributed by atoms with Crippen LogP contribution >= 0.6 is 0 Å². The van der Waals surface area contributed by atoms with E-state index in [-0.39, 0.29) is 0 Å². The summed E-state index contributed by atoms with van der Waals surface area (Å²) >= 11 is 0. The van der Waals surface area contributed by atoms with Crippen molar-refractivity contribution in [2.75, 3.05) is 14.1 Å². The first-order valence-electron chi connectivity index (χ1n) is 11.2. The fourth-order valence-corrected chi connectivity index (χ4v) is 4.19. The van der Waals surface area contributed by atoms with Crippen molar-refractivity contribution in [1.29, 1.82) is 0 Å². The van der Waals surface area contributed by atoms with Crippen molar-refractivity contribution < 1.29 is 4.79 Å². The first-order valence-corrected chi connectivity index (χ1v) is 11.2. The quantitative estimate of drug-likeness (QED) is 0.519. The SMILES string of the molecule is CC(N(C)C)C(C)(C)C.CC1(C)CCc2c(-c3cc4ccc(C=O)cc4[nH]3)n[nH]c2C1. The molecule has 2 N–H and O–H groups in total. The van der Waals surface area contributed by atoms with Crippen molar-refractivity contribution in [1.82, 2.24) is 20.1 Å². The van der Waals surface area contributed by atoms with Crippen molar-refractivity contribution in [3.63, 3.8) is 0 Å². The zero-order valence-corrected chi connectivity index (χ0v) is 20.4. The third-order valence-electron chi connectivity index (χ3n) is 6.73. The second-order valence-electron chi connectivity index (χ2n) is 11.0. The normalized spacial score (nSPS) is 16.5. The topological polar surface area (TPSA) is 64.8 Å². The van der Waals surface area contributed by atoms with Crippen LogP contribution in [-0.4, -0.2) is 46.5 Å². The smallest absolute Gasteiger partial charge is 0.150 e. The van der Waals surface area contributed by atoms with E-state index in [0.29, 0.717) is 22.4 Å². The molecule has 0 radical (unpaired) electrons. The highest BCUT2D eigenvalue weighted by Crippen LogP contribution is 2.38. The van der Waals surface area contributed by atoms with Gasteiger partial charge < -0.3 is 9.88 Å². The molecule has 2 heterocycles. The number of rotatable bonds is 3. The molecule has 0 amide bonds. The Balaban J connectivity index is 0.000000259. The molecule has 1 unspecified atom stereocenters. The summed E-state index contributed by atoms with van der Waals surface area (Å²) < 4.78 is 0. The number of aromatic nitrogens is 3. The number of hydrogen-bond donors (Lipinski definition) is 2. The maximum Gasteiger partial charge on any atom is 0.150 e. The number of aromatic amines is 2. The maximum atomic E-state index is 10.9. The Morgan fingerprint density at radius 1 is 1.19 bits per heavy atom. The molecule has 0 aliphatic heterocycles. The summed E-state index contributed by atoms with van der Waals surface area (Å²) in [6.07, 6.45) is 4.16. The Morgan fingerprint density at radius 2 is 1.90 bits per heavy atom. The van der Waals surface area contributed by atoms with Gasteiger partial charge in [-0.15, -0.1) is 0 Å². The molecule has 1 aliphatic carbocycles. The van der Waals surface area contributed by atoms with Gasteiger partial charge in [-0.3, -0.25) is 9.89 Å². The second-order valence-corrected chi connectivity index (χ2v) is 11.0. The van der Waals surface area contributed by atoms with Crippen molar-refractivity contribution >= 4 is 17.2 Å². The number of nitrogens with zero attached hydrogens (tertiary/aromatic N) is 2. The average Bonchev–Trinajstić information content (AvgIpc) is 3.28. The van der Waals surface area contributed by atoms with E-state index in [4.69, 9.17) is 0 Å². The lowest BCUT2D eigenvalue weighted by atomic mass is 9.76. The summed E-state index contributed by atoms with van der Waals surface area (Å²) in [6.45, 7) is 13.6. The Bertz CT molecular complexity index is 1050. The molecule has 5 nitrogen and oxygen atoms in total. The largest absolute Gasteiger partial charge is 0.353 e. The summed E-state index contributed by atoms with van der Waals surface area (Å²) in [5.74, 6) is 0. The van der Waals surface area contributed by atoms with Gasteiger partial charge in [0, 0.05) is 33.8 Å². The van der Waals surface area contributed by atoms with Crippen LogP contribution in [0.3, 0.4) is 0 Å². The molecule has 2 aromatic heterocycles. The zero-order valence-electron chi connectivity index (χ0n) is 20.4. The average molecular weight is 423 g/mol. The number of nitrogens with one attached hydrogen (secondary N) is 2. The molecule has 0 saturated carbocycles. The monoisotopic (exact) mass is 422 g/mol. The highest BCUT2D eigenvalue weighted by Gasteiger charge is 2.29. The highest BCUT2D eigenvalue weighted by molar-refractivity contribution is 5.90. The van der Waals surface area contributed by atoms with Crippen molar-refractivity contribution in [3.05, 3.63) is 41.1 Å². The van der Waals surface area contributed by atoms with Gasteiger partial charge in [0.2, 0.25) is 0 Å². The lowest BCUT2D eigenvalue weighted by molar-refractivity contribution is 0.112. The summed E-state index contributed by atoms with van der Waals surface area (Å²) in [6, 6.07) is 8.46. The van der Waals surface area contributed by atoms with Crippen molar-refractivity contribution in [3.8, 4) is 11.4 Å². The summed E-state index contributed by atoms with van der Waals surface area (Å²) in [4.78, 5) is 16.6. The van der Waals surface area contributed by atoms with Crippen LogP contribution in [0.4, 0.5) is 0 Å². The first-order chi connectivity index (χ1) is 14.4. The third kappa shape index (κ3) is 5.27. The number of benzene rings is 1. The van der Waals surface area contributed by atoms with Crippen LogP contribution < -0.4 is 0 Å². The molecular weight excluding hydrogens is 384 g/mol. The van der Waals surface area contributed by atoms with Gasteiger partial charge in [0.15, 0.2) is 0 Å². The van der Waals surface area contributed by atoms with E-state index in [1.165, 1.54) is 17.7 Å². The minimum absolute atomic E-state index is 0.343. The van der Waals surface area contributed by atoms with E-state index in [0.717, 1.165) is 41.4 Å². The summed E-state index contributed by atoms with van der Waals surface area (Å²) in [5, 5.41) is 8.87. The minimum atomic E-state index is 0.343. The molecule has 3 aromatic rings. The number of hydrogen-bond acceptors (Lipinski definition) is 3. The molecule has 0 saturated heterocycles. The van der Waals surface area contributed by atoms with Gasteiger partial charge in [0.1, 0.15) is 12.0 Å². The van der Waals surface area contributed by atoms with Crippen LogP contribution in [0, 0.1) is 10.8 Å². The molecule has 0 spiro atoms. The Kier molecular flexibility index (Phi) is 6.47. The number of carbonyl (C=O) groups is 1. The predicted octanol–water partition coefficient (Wildman–Crippen LogP) is 5.87. The number of H-pyrrole nitrogens is 2. The lowest BCUT2D eigenvalue weighted by Crippen LogP contribution is -2.36. The molecule has 0 bridgehead atoms. The van der Waals surface area contributed by atoms with Gasteiger partial charge in [-0.2, -0.15) is 5.10 Å². The van der Waals surface area contributed by atoms with Gasteiger partial charge in [0.25, 0.3) is 0 Å². The maximum absolute atomic E-state index is 10.9. The van der Waals surface area contributed by atoms with E-state index in [2.05, 4.69) is 81.8 Å². The predicted molar refractivity (Wildman–Crippen MR) is 130 cm³/mol. The van der Waals surface area contributed by atoms with Gasteiger partial charge in [-0.05, 0) is 63.2 Å². The number of aldehydes is 1. The van der Waals surface area contributed by atoms with Crippen molar-refractivity contribution in [2.24, 2.45) is 10.8 Å². The van der Waals surface area contributed by atoms with E-state index in [1.807, 2.05) is 18.2 Å². The molecule has 31 heavy (non-hydrogen) atoms. The number of carbonyl (C=O) groups excluding carboxylic acids is 1. The fraction of sp³-hybridized carbons (Fsp3) is 0.538. The van der Waals surface area contributed by atoms with Crippen LogP contribution in [0.1, 0.15) is 69.6 Å². The van der Waals surface area contributed by atoms with E-state index < -0.39 is 0 Å². The highest BCUT2D eigenvalue weighted by atomic mass is 16.1. The van der Waals surface area contributed by atoms with Crippen molar-refractivity contribution in [2.45, 2.75) is 66.8 Å². The minimum Gasteiger partial charge on any atom is -0.353 e. The molecule has 0 fully saturated rings. The molecule has 168 valence electrons. The molecule has 4 rings (SSSR count). The lowest BCUT2D eigenvalue weighted by Gasteiger charge is -2.32. The third-order valence-corrected chi connectivity index (χ3v) is 6.73. The Hall–Kier alpha value is -2.40. The Labute approximate surface area is 186 Å². The van der Waals surface area contributed by atoms with Gasteiger partial charge in [-0.1, -0.05) is 46.8 Å². The molecule has 1 aromatic carbocycles. The Morgan fingerprint density at radius 3 is 2.48 bits per heavy atom. The van der Waals surface area contributed by atoms with Crippen LogP contribution in [-0.2, 0) is 12.8 Å². The van der Waals surface area contributed by atoms with E-state index in [1.54, 1.807) is 0 Å². The van der Waals surface area contributed by atoms with Crippen LogP contribution in [0.5, 0.6) is 0 Å². The van der Waals surface area contributed by atoms with Gasteiger partial charge in [-0.25, -0.2) is 0 Å². The van der Waals surface area contributed by atoms with Gasteiger partial charge >= 0.3 is 0 Å². The molecular formula is C26H38N4O. The van der Waals surface area contributed by atoms with E-state index in [9.17, 15) is 4.79 Å². The first kappa shape index (κ1) is 23.3.